The molecule has 0 spiro atoms. The molecule has 0 aromatic heterocycles. The van der Waals surface area contributed by atoms with Crippen LogP contribution in [0.25, 0.3) is 0 Å². The first-order valence-electron chi connectivity index (χ1n) is 8.72. The SMILES string of the molecule is N#CC(C1=CC(F)C(F)C(F)=C1)=C1C(=C2C=CC(=O)C=C2)C1=C1C=CC(=O)C=C1. The van der Waals surface area contributed by atoms with Crippen LogP contribution < -0.4 is 0 Å². The lowest BCUT2D eigenvalue weighted by molar-refractivity contribution is -0.111. The van der Waals surface area contributed by atoms with Crippen LogP contribution in [0, 0.1) is 11.3 Å². The second kappa shape index (κ2) is 7.02. The van der Waals surface area contributed by atoms with E-state index in [2.05, 4.69) is 0 Å². The minimum absolute atomic E-state index is 0.00269. The number of allylic oxidation sites excluding steroid dienone is 18. The zero-order chi connectivity index (χ0) is 20.7. The van der Waals surface area contributed by atoms with E-state index >= 15 is 0 Å². The van der Waals surface area contributed by atoms with Crippen LogP contribution in [0.3, 0.4) is 0 Å². The Bertz CT molecular complexity index is 1080. The number of ketones is 2. The minimum Gasteiger partial charge on any atom is -0.290 e. The van der Waals surface area contributed by atoms with Crippen LogP contribution in [0.5, 0.6) is 0 Å². The van der Waals surface area contributed by atoms with E-state index in [9.17, 15) is 28.0 Å². The molecule has 4 aliphatic rings. The maximum absolute atomic E-state index is 13.8. The molecule has 0 aromatic rings. The van der Waals surface area contributed by atoms with Gasteiger partial charge < -0.3 is 0 Å². The van der Waals surface area contributed by atoms with E-state index in [1.165, 1.54) is 24.3 Å². The second-order valence-corrected chi connectivity index (χ2v) is 6.66. The zero-order valence-corrected chi connectivity index (χ0v) is 14.8. The van der Waals surface area contributed by atoms with Crippen molar-refractivity contribution in [2.45, 2.75) is 12.3 Å². The van der Waals surface area contributed by atoms with Gasteiger partial charge in [-0.2, -0.15) is 5.26 Å². The van der Waals surface area contributed by atoms with Gasteiger partial charge in [0.05, 0.1) is 5.57 Å². The highest BCUT2D eigenvalue weighted by Crippen LogP contribution is 2.53. The highest BCUT2D eigenvalue weighted by atomic mass is 19.2. The van der Waals surface area contributed by atoms with E-state index in [1.54, 1.807) is 24.3 Å². The smallest absolute Gasteiger partial charge is 0.186 e. The van der Waals surface area contributed by atoms with Gasteiger partial charge in [-0.1, -0.05) is 24.3 Å². The molecular weight excluding hydrogens is 379 g/mol. The van der Waals surface area contributed by atoms with E-state index in [0.29, 0.717) is 27.9 Å². The molecule has 142 valence electrons. The molecule has 0 radical (unpaired) electrons. The third kappa shape index (κ3) is 3.32. The average Bonchev–Trinajstić information content (AvgIpc) is 3.43. The molecule has 0 bridgehead atoms. The molecule has 1 fully saturated rings. The first-order chi connectivity index (χ1) is 13.9. The van der Waals surface area contributed by atoms with E-state index in [4.69, 9.17) is 0 Å². The van der Waals surface area contributed by atoms with Crippen molar-refractivity contribution >= 4 is 11.6 Å². The Labute approximate surface area is 164 Å². The molecule has 0 saturated heterocycles. The summed E-state index contributed by atoms with van der Waals surface area (Å²) in [6.07, 6.45) is 8.95. The number of alkyl halides is 2. The zero-order valence-electron chi connectivity index (χ0n) is 14.8. The van der Waals surface area contributed by atoms with Gasteiger partial charge in [0.25, 0.3) is 0 Å². The van der Waals surface area contributed by atoms with E-state index < -0.39 is 18.2 Å². The topological polar surface area (TPSA) is 57.9 Å². The summed E-state index contributed by atoms with van der Waals surface area (Å²) >= 11 is 0. The summed E-state index contributed by atoms with van der Waals surface area (Å²) in [5, 5.41) is 9.70. The van der Waals surface area contributed by atoms with Gasteiger partial charge in [0, 0.05) is 5.57 Å². The molecule has 0 heterocycles. The van der Waals surface area contributed by atoms with Gasteiger partial charge in [-0.3, -0.25) is 9.59 Å². The molecule has 1 saturated carbocycles. The molecular formula is C23H12F3NO2. The standard InChI is InChI=1S/C23H12F3NO2/c24-18-9-14(10-19(25)23(18)26)17(11-27)22-20(12-1-5-15(28)6-2-12)21(22)13-3-7-16(29)8-4-13/h1-10,18,23H. The van der Waals surface area contributed by atoms with Gasteiger partial charge in [0.15, 0.2) is 23.9 Å². The maximum atomic E-state index is 13.8. The maximum Gasteiger partial charge on any atom is 0.186 e. The summed E-state index contributed by atoms with van der Waals surface area (Å²) in [6.45, 7) is 0. The van der Waals surface area contributed by atoms with Crippen LogP contribution in [0.1, 0.15) is 0 Å². The molecule has 4 aliphatic carbocycles. The Morgan fingerprint density at radius 1 is 0.862 bits per heavy atom. The summed E-state index contributed by atoms with van der Waals surface area (Å²) in [5.41, 5.74) is 2.96. The fourth-order valence-electron chi connectivity index (χ4n) is 3.36. The second-order valence-electron chi connectivity index (χ2n) is 6.66. The fourth-order valence-corrected chi connectivity index (χ4v) is 3.36. The summed E-state index contributed by atoms with van der Waals surface area (Å²) in [6, 6.07) is 1.96. The molecule has 6 heteroatoms. The van der Waals surface area contributed by atoms with Gasteiger partial charge in [-0.05, 0) is 64.3 Å². The highest BCUT2D eigenvalue weighted by molar-refractivity contribution is 6.04. The Morgan fingerprint density at radius 3 is 1.76 bits per heavy atom. The van der Waals surface area contributed by atoms with Gasteiger partial charge in [-0.25, -0.2) is 13.2 Å². The van der Waals surface area contributed by atoms with E-state index in [0.717, 1.165) is 12.2 Å². The van der Waals surface area contributed by atoms with Gasteiger partial charge in [-0.15, -0.1) is 0 Å². The van der Waals surface area contributed by atoms with Gasteiger partial charge in [0.2, 0.25) is 0 Å². The summed E-state index contributed by atoms with van der Waals surface area (Å²) < 4.78 is 41.1. The van der Waals surface area contributed by atoms with Crippen molar-refractivity contribution in [2.24, 2.45) is 0 Å². The molecule has 4 rings (SSSR count). The first-order valence-corrected chi connectivity index (χ1v) is 8.72. The molecule has 0 aromatic carbocycles. The number of hydrogen-bond acceptors (Lipinski definition) is 3. The van der Waals surface area contributed by atoms with Crippen LogP contribution in [0.4, 0.5) is 13.2 Å². The number of halogens is 3. The number of nitrogens with zero attached hydrogens (tertiary/aromatic N) is 1. The predicted molar refractivity (Wildman–Crippen MR) is 100 cm³/mol. The Morgan fingerprint density at radius 2 is 1.34 bits per heavy atom. The fraction of sp³-hybridized carbons (Fsp3) is 0.0870. The lowest BCUT2D eigenvalue weighted by atomic mass is 9.96. The minimum atomic E-state index is -2.39. The van der Waals surface area contributed by atoms with Crippen molar-refractivity contribution in [3.05, 3.63) is 106 Å². The van der Waals surface area contributed by atoms with Crippen molar-refractivity contribution in [1.29, 1.82) is 5.26 Å². The van der Waals surface area contributed by atoms with Crippen molar-refractivity contribution in [3.8, 4) is 6.07 Å². The number of hydrogen-bond donors (Lipinski definition) is 0. The molecule has 2 unspecified atom stereocenters. The molecule has 0 N–H and O–H groups in total. The van der Waals surface area contributed by atoms with Gasteiger partial charge in [0.1, 0.15) is 11.9 Å². The van der Waals surface area contributed by atoms with E-state index in [-0.39, 0.29) is 22.7 Å². The van der Waals surface area contributed by atoms with Crippen LogP contribution >= 0.6 is 0 Å². The van der Waals surface area contributed by atoms with Crippen LogP contribution in [-0.4, -0.2) is 23.9 Å². The van der Waals surface area contributed by atoms with Gasteiger partial charge >= 0.3 is 0 Å². The Balaban J connectivity index is 1.92. The summed E-state index contributed by atoms with van der Waals surface area (Å²) in [5.74, 6) is -1.65. The van der Waals surface area contributed by atoms with Crippen molar-refractivity contribution < 1.29 is 22.8 Å². The quantitative estimate of drug-likeness (QED) is 0.627. The lowest BCUT2D eigenvalue weighted by Gasteiger charge is -2.15. The Kier molecular flexibility index (Phi) is 4.51. The van der Waals surface area contributed by atoms with Crippen molar-refractivity contribution in [2.75, 3.05) is 0 Å². The predicted octanol–water partition coefficient (Wildman–Crippen LogP) is 4.27. The number of nitriles is 1. The normalized spacial score (nSPS) is 25.4. The number of carbonyl (C=O) groups is 2. The van der Waals surface area contributed by atoms with Crippen molar-refractivity contribution in [1.82, 2.24) is 0 Å². The summed E-state index contributed by atoms with van der Waals surface area (Å²) in [4.78, 5) is 22.8. The van der Waals surface area contributed by atoms with Crippen molar-refractivity contribution in [3.63, 3.8) is 0 Å². The molecule has 0 aliphatic heterocycles. The monoisotopic (exact) mass is 391 g/mol. The lowest BCUT2D eigenvalue weighted by Crippen LogP contribution is -2.19. The summed E-state index contributed by atoms with van der Waals surface area (Å²) in [7, 11) is 0. The Hall–Kier alpha value is -3.72. The number of rotatable bonds is 1. The van der Waals surface area contributed by atoms with E-state index in [1.807, 2.05) is 6.07 Å². The average molecular weight is 391 g/mol. The molecule has 29 heavy (non-hydrogen) atoms. The molecule has 3 nitrogen and oxygen atoms in total. The van der Waals surface area contributed by atoms with Crippen LogP contribution in [0.2, 0.25) is 0 Å². The van der Waals surface area contributed by atoms with Crippen LogP contribution in [-0.2, 0) is 9.59 Å². The van der Waals surface area contributed by atoms with Crippen LogP contribution in [0.15, 0.2) is 106 Å². The first kappa shape index (κ1) is 18.6. The molecule has 0 amide bonds. The third-order valence-electron chi connectivity index (χ3n) is 4.80. The highest BCUT2D eigenvalue weighted by Gasteiger charge is 2.40. The largest absolute Gasteiger partial charge is 0.290 e. The third-order valence-corrected chi connectivity index (χ3v) is 4.80. The molecule has 2 atom stereocenters. The number of carbonyl (C=O) groups excluding carboxylic acids is 2.